The van der Waals surface area contributed by atoms with E-state index in [1.54, 1.807) is 0 Å². The maximum atomic E-state index is 13.2. The molecule has 2 heteroatoms. The Bertz CT molecular complexity index is 1090. The van der Waals surface area contributed by atoms with Gasteiger partial charge >= 0.3 is 5.97 Å². The lowest BCUT2D eigenvalue weighted by Crippen LogP contribution is -2.43. The molecule has 2 nitrogen and oxygen atoms in total. The number of esters is 1. The molecule has 2 rings (SSSR count). The topological polar surface area (TPSA) is 26.3 Å². The number of rotatable bonds is 6. The summed E-state index contributed by atoms with van der Waals surface area (Å²) in [6, 6.07) is 17.2. The quantitative estimate of drug-likeness (QED) is 0.241. The Labute approximate surface area is 275 Å². The van der Waals surface area contributed by atoms with Crippen LogP contribution < -0.4 is 4.74 Å². The van der Waals surface area contributed by atoms with Gasteiger partial charge in [0.15, 0.2) is 0 Å². The number of ether oxygens (including phenoxy) is 1. The fraction of sp³-hybridized carbons (Fsp3) is 0.690. The average Bonchev–Trinajstić information content (AvgIpc) is 2.86. The minimum absolute atomic E-state index is 0.000827. The van der Waals surface area contributed by atoms with E-state index < -0.39 is 5.41 Å². The Morgan fingerprint density at radius 3 is 1.43 bits per heavy atom. The van der Waals surface area contributed by atoms with Gasteiger partial charge in [-0.25, -0.2) is 0 Å². The zero-order valence-electron chi connectivity index (χ0n) is 32.6. The summed E-state index contributed by atoms with van der Waals surface area (Å²) < 4.78 is 5.99. The lowest BCUT2D eigenvalue weighted by molar-refractivity contribution is -0.152. The zero-order valence-corrected chi connectivity index (χ0v) is 32.6. The molecule has 0 radical (unpaired) electrons. The molecule has 0 N–H and O–H groups in total. The molecule has 0 saturated carbocycles. The smallest absolute Gasteiger partial charge is 0.317 e. The van der Waals surface area contributed by atoms with Crippen molar-refractivity contribution >= 4 is 5.97 Å². The van der Waals surface area contributed by atoms with E-state index in [0.717, 1.165) is 12.8 Å². The van der Waals surface area contributed by atoms with Gasteiger partial charge < -0.3 is 4.74 Å². The van der Waals surface area contributed by atoms with Gasteiger partial charge in [0.1, 0.15) is 5.75 Å². The summed E-state index contributed by atoms with van der Waals surface area (Å²) in [7, 11) is 0. The Hall–Kier alpha value is -2.09. The van der Waals surface area contributed by atoms with Crippen LogP contribution >= 0.6 is 0 Å². The highest BCUT2D eigenvalue weighted by Crippen LogP contribution is 2.44. The van der Waals surface area contributed by atoms with Crippen molar-refractivity contribution in [3.8, 4) is 5.75 Å². The predicted octanol–water partition coefficient (Wildman–Crippen LogP) is 13.3. The summed E-state index contributed by atoms with van der Waals surface area (Å²) in [5.74, 6) is 1.17. The number of carbonyl (C=O) groups excluding carboxylic acids is 1. The van der Waals surface area contributed by atoms with E-state index >= 15 is 0 Å². The van der Waals surface area contributed by atoms with E-state index in [4.69, 9.17) is 4.74 Å². The maximum absolute atomic E-state index is 13.2. The highest BCUT2D eigenvalue weighted by Gasteiger charge is 2.45. The first-order valence-corrected chi connectivity index (χ1v) is 17.2. The lowest BCUT2D eigenvalue weighted by Gasteiger charge is -2.39. The Kier molecular flexibility index (Phi) is 15.2. The van der Waals surface area contributed by atoms with Crippen molar-refractivity contribution in [1.82, 2.24) is 0 Å². The molecule has 0 fully saturated rings. The molecule has 0 saturated heterocycles. The monoisotopic (exact) mass is 609 g/mol. The number of benzene rings is 2. The average molecular weight is 609 g/mol. The first-order valence-electron chi connectivity index (χ1n) is 17.2. The third-order valence-electron chi connectivity index (χ3n) is 8.77. The maximum Gasteiger partial charge on any atom is 0.317 e. The van der Waals surface area contributed by atoms with Crippen LogP contribution in [0.4, 0.5) is 0 Å². The van der Waals surface area contributed by atoms with Crippen molar-refractivity contribution in [3.05, 3.63) is 65.2 Å². The van der Waals surface area contributed by atoms with E-state index in [-0.39, 0.29) is 22.2 Å². The molecule has 0 aromatic heterocycles. The summed E-state index contributed by atoms with van der Waals surface area (Å²) in [5.41, 5.74) is 3.91. The molecule has 0 amide bonds. The van der Waals surface area contributed by atoms with Gasteiger partial charge in [0.2, 0.25) is 0 Å². The van der Waals surface area contributed by atoms with Crippen molar-refractivity contribution in [2.75, 3.05) is 0 Å². The van der Waals surface area contributed by atoms with Crippen LogP contribution in [0.1, 0.15) is 173 Å². The zero-order chi connectivity index (χ0) is 34.9. The van der Waals surface area contributed by atoms with Gasteiger partial charge in [-0.05, 0) is 81.6 Å². The van der Waals surface area contributed by atoms with Crippen molar-refractivity contribution < 1.29 is 9.53 Å². The predicted molar refractivity (Wildman–Crippen MR) is 196 cm³/mol. The van der Waals surface area contributed by atoms with Gasteiger partial charge in [-0.1, -0.05) is 167 Å². The van der Waals surface area contributed by atoms with E-state index in [1.165, 1.54) is 23.1 Å². The van der Waals surface area contributed by atoms with E-state index in [1.807, 2.05) is 32.9 Å². The first kappa shape index (κ1) is 41.9. The van der Waals surface area contributed by atoms with Crippen LogP contribution in [-0.2, 0) is 15.6 Å². The van der Waals surface area contributed by atoms with Crippen LogP contribution in [0.2, 0.25) is 0 Å². The van der Waals surface area contributed by atoms with Gasteiger partial charge in [0.25, 0.3) is 0 Å². The van der Waals surface area contributed by atoms with Gasteiger partial charge in [-0.2, -0.15) is 0 Å². The van der Waals surface area contributed by atoms with Crippen LogP contribution in [0.25, 0.3) is 0 Å². The van der Waals surface area contributed by atoms with Gasteiger partial charge in [-0.15, -0.1) is 0 Å². The fourth-order valence-corrected chi connectivity index (χ4v) is 5.25. The molecule has 2 aromatic rings. The molecule has 2 unspecified atom stereocenters. The normalized spacial score (nSPS) is 14.7. The van der Waals surface area contributed by atoms with Gasteiger partial charge in [-0.3, -0.25) is 4.79 Å². The molecule has 0 heterocycles. The number of carbonyl (C=O) groups is 1. The van der Waals surface area contributed by atoms with E-state index in [2.05, 4.69) is 147 Å². The first-order chi connectivity index (χ1) is 19.7. The highest BCUT2D eigenvalue weighted by molar-refractivity contribution is 5.79. The number of hydrogen-bond acceptors (Lipinski definition) is 2. The minimum Gasteiger partial charge on any atom is -0.426 e. The molecule has 252 valence electrons. The Balaban J connectivity index is 0.000000877. The van der Waals surface area contributed by atoms with Crippen LogP contribution in [0, 0.1) is 21.7 Å². The minimum atomic E-state index is -0.513. The van der Waals surface area contributed by atoms with Crippen molar-refractivity contribution in [3.63, 3.8) is 0 Å². The largest absolute Gasteiger partial charge is 0.426 e. The van der Waals surface area contributed by atoms with Crippen LogP contribution in [0.15, 0.2) is 48.5 Å². The van der Waals surface area contributed by atoms with E-state index in [9.17, 15) is 4.79 Å². The third kappa shape index (κ3) is 13.1. The van der Waals surface area contributed by atoms with E-state index in [0.29, 0.717) is 22.5 Å². The standard InChI is InChI=1S/C24H40O2.C16H26.C2H6/c1-12-13-24(11,23(8,9)10)20(25)26-19-15-17(21(2,3)4)14-18(16-19)22(5,6)7;1-15(2,3)12-14(16(4,5)6)13-10-8-7-9-11-13;1-2/h14-16H,12-13H2,1-11H3;7-11,14H,12H2,1-6H3;1-2H3. The van der Waals surface area contributed by atoms with Crippen molar-refractivity contribution in [1.29, 1.82) is 0 Å². The van der Waals surface area contributed by atoms with Crippen molar-refractivity contribution in [2.45, 2.75) is 168 Å². The molecular formula is C42H72O2. The molecule has 0 aliphatic heterocycles. The van der Waals surface area contributed by atoms with Gasteiger partial charge in [0.05, 0.1) is 5.41 Å². The second-order valence-electron chi connectivity index (χ2n) is 18.1. The molecule has 0 aliphatic carbocycles. The fourth-order valence-electron chi connectivity index (χ4n) is 5.25. The SMILES string of the molecule is CC.CC(C)(C)CC(c1ccccc1)C(C)(C)C.CCCC(C)(C(=O)Oc1cc(C(C)(C)C)cc(C(C)(C)C)c1)C(C)(C)C. The summed E-state index contributed by atoms with van der Waals surface area (Å²) in [6.45, 7) is 41.7. The third-order valence-corrected chi connectivity index (χ3v) is 8.77. The lowest BCUT2D eigenvalue weighted by atomic mass is 9.65. The molecule has 2 aromatic carbocycles. The van der Waals surface area contributed by atoms with Crippen LogP contribution in [0.5, 0.6) is 5.75 Å². The van der Waals surface area contributed by atoms with Crippen LogP contribution in [0.3, 0.4) is 0 Å². The molecule has 0 spiro atoms. The van der Waals surface area contributed by atoms with Crippen LogP contribution in [-0.4, -0.2) is 5.97 Å². The Morgan fingerprint density at radius 2 is 1.11 bits per heavy atom. The second-order valence-corrected chi connectivity index (χ2v) is 18.1. The summed E-state index contributed by atoms with van der Waals surface area (Å²) in [4.78, 5) is 13.2. The van der Waals surface area contributed by atoms with Crippen molar-refractivity contribution in [2.24, 2.45) is 21.7 Å². The molecule has 0 bridgehead atoms. The highest BCUT2D eigenvalue weighted by atomic mass is 16.5. The second kappa shape index (κ2) is 16.0. The summed E-state index contributed by atoms with van der Waals surface area (Å²) >= 11 is 0. The summed E-state index contributed by atoms with van der Waals surface area (Å²) in [5, 5.41) is 0. The Morgan fingerprint density at radius 1 is 0.682 bits per heavy atom. The molecular weight excluding hydrogens is 536 g/mol. The number of hydrogen-bond donors (Lipinski definition) is 0. The molecule has 44 heavy (non-hydrogen) atoms. The van der Waals surface area contributed by atoms with Gasteiger partial charge in [0, 0.05) is 0 Å². The summed E-state index contributed by atoms with van der Waals surface area (Å²) in [6.07, 6.45) is 3.01. The molecule has 0 aliphatic rings. The molecule has 2 atom stereocenters.